The molecule has 0 bridgehead atoms. The monoisotopic (exact) mass is 282 g/mol. The lowest BCUT2D eigenvalue weighted by molar-refractivity contribution is 0.0816. The number of methoxy groups -OCH3 is 1. The summed E-state index contributed by atoms with van der Waals surface area (Å²) >= 11 is 0. The van der Waals surface area contributed by atoms with E-state index in [1.807, 2.05) is 0 Å². The lowest BCUT2D eigenvalue weighted by Crippen LogP contribution is -2.40. The molecule has 2 saturated carbocycles. The quantitative estimate of drug-likeness (QED) is 0.651. The Bertz CT molecular complexity index is 588. The van der Waals surface area contributed by atoms with Gasteiger partial charge in [-0.25, -0.2) is 0 Å². The first kappa shape index (κ1) is 13.4. The molecular weight excluding hydrogens is 256 g/mol. The SMILES string of the molecule is C=C1CC[C@@H]2[C@@H]3CCc4cc(OC)ccc4[C@H]3CC[C@]12C. The summed E-state index contributed by atoms with van der Waals surface area (Å²) in [5, 5.41) is 0. The number of rotatable bonds is 1. The minimum Gasteiger partial charge on any atom is -0.497 e. The Morgan fingerprint density at radius 1 is 1.19 bits per heavy atom. The highest BCUT2D eigenvalue weighted by Gasteiger charge is 2.51. The Kier molecular flexibility index (Phi) is 2.96. The summed E-state index contributed by atoms with van der Waals surface area (Å²) in [7, 11) is 1.77. The highest BCUT2D eigenvalue weighted by Crippen LogP contribution is 2.62. The maximum Gasteiger partial charge on any atom is 0.119 e. The largest absolute Gasteiger partial charge is 0.497 e. The minimum atomic E-state index is 0.436. The van der Waals surface area contributed by atoms with Gasteiger partial charge in [0.1, 0.15) is 5.75 Å². The molecule has 3 aliphatic carbocycles. The Morgan fingerprint density at radius 2 is 2.05 bits per heavy atom. The Hall–Kier alpha value is -1.24. The Morgan fingerprint density at radius 3 is 2.86 bits per heavy atom. The van der Waals surface area contributed by atoms with Crippen molar-refractivity contribution in [2.75, 3.05) is 7.11 Å². The molecule has 0 aromatic heterocycles. The molecule has 1 nitrogen and oxygen atoms in total. The zero-order valence-electron chi connectivity index (χ0n) is 13.3. The van der Waals surface area contributed by atoms with Crippen LogP contribution in [-0.2, 0) is 6.42 Å². The summed E-state index contributed by atoms with van der Waals surface area (Å²) in [6, 6.07) is 6.77. The first-order valence-electron chi connectivity index (χ1n) is 8.48. The standard InChI is InChI=1S/C20H26O/c1-13-4-9-19-18-7-5-14-12-15(21-3)6-8-16(14)17(18)10-11-20(13,19)2/h6,8,12,17-19H,1,4-5,7,9-11H2,2-3H3/t17-,18-,19-,20-/m1/s1. The number of benzene rings is 1. The van der Waals surface area contributed by atoms with E-state index in [1.165, 1.54) is 49.7 Å². The van der Waals surface area contributed by atoms with Crippen molar-refractivity contribution < 1.29 is 4.74 Å². The smallest absolute Gasteiger partial charge is 0.119 e. The van der Waals surface area contributed by atoms with E-state index in [4.69, 9.17) is 4.74 Å². The highest BCUT2D eigenvalue weighted by atomic mass is 16.5. The van der Waals surface area contributed by atoms with Crippen LogP contribution in [0.1, 0.15) is 56.1 Å². The molecule has 0 radical (unpaired) electrons. The molecule has 0 amide bonds. The van der Waals surface area contributed by atoms with E-state index in [9.17, 15) is 0 Å². The fourth-order valence-electron chi connectivity index (χ4n) is 5.59. The molecule has 1 aromatic rings. The first-order valence-corrected chi connectivity index (χ1v) is 8.48. The fraction of sp³-hybridized carbons (Fsp3) is 0.600. The summed E-state index contributed by atoms with van der Waals surface area (Å²) in [6.07, 6.45) is 7.91. The van der Waals surface area contributed by atoms with Crippen molar-refractivity contribution in [3.05, 3.63) is 41.5 Å². The number of aryl methyl sites for hydroxylation is 1. The third kappa shape index (κ3) is 1.82. The van der Waals surface area contributed by atoms with Gasteiger partial charge < -0.3 is 4.74 Å². The molecule has 4 atom stereocenters. The van der Waals surface area contributed by atoms with Crippen LogP contribution in [0.15, 0.2) is 30.4 Å². The third-order valence-electron chi connectivity index (χ3n) is 6.89. The highest BCUT2D eigenvalue weighted by molar-refractivity contribution is 5.41. The van der Waals surface area contributed by atoms with Gasteiger partial charge in [-0.05, 0) is 85.0 Å². The van der Waals surface area contributed by atoms with Gasteiger partial charge in [-0.15, -0.1) is 0 Å². The molecule has 112 valence electrons. The van der Waals surface area contributed by atoms with Gasteiger partial charge in [-0.1, -0.05) is 25.1 Å². The predicted molar refractivity (Wildman–Crippen MR) is 86.8 cm³/mol. The van der Waals surface area contributed by atoms with Crippen LogP contribution in [0.2, 0.25) is 0 Å². The van der Waals surface area contributed by atoms with Gasteiger partial charge in [0.25, 0.3) is 0 Å². The van der Waals surface area contributed by atoms with E-state index >= 15 is 0 Å². The van der Waals surface area contributed by atoms with Crippen molar-refractivity contribution in [3.63, 3.8) is 0 Å². The molecule has 0 spiro atoms. The maximum absolute atomic E-state index is 5.40. The second-order valence-corrected chi connectivity index (χ2v) is 7.58. The zero-order chi connectivity index (χ0) is 14.6. The van der Waals surface area contributed by atoms with Crippen molar-refractivity contribution in [2.45, 2.75) is 51.4 Å². The van der Waals surface area contributed by atoms with Gasteiger partial charge in [-0.2, -0.15) is 0 Å². The number of hydrogen-bond donors (Lipinski definition) is 0. The van der Waals surface area contributed by atoms with Crippen LogP contribution in [0.3, 0.4) is 0 Å². The lowest BCUT2D eigenvalue weighted by atomic mass is 9.55. The van der Waals surface area contributed by atoms with Crippen LogP contribution in [0.25, 0.3) is 0 Å². The van der Waals surface area contributed by atoms with E-state index in [2.05, 4.69) is 31.7 Å². The number of fused-ring (bicyclic) bond motifs is 5. The zero-order valence-corrected chi connectivity index (χ0v) is 13.3. The average molecular weight is 282 g/mol. The molecule has 2 fully saturated rings. The van der Waals surface area contributed by atoms with E-state index in [-0.39, 0.29) is 0 Å². The van der Waals surface area contributed by atoms with Gasteiger partial charge in [0.05, 0.1) is 7.11 Å². The fourth-order valence-corrected chi connectivity index (χ4v) is 5.59. The van der Waals surface area contributed by atoms with Gasteiger partial charge in [0, 0.05) is 0 Å². The lowest BCUT2D eigenvalue weighted by Gasteiger charge is -2.49. The molecule has 0 N–H and O–H groups in total. The van der Waals surface area contributed by atoms with Crippen molar-refractivity contribution in [2.24, 2.45) is 17.3 Å². The maximum atomic E-state index is 5.40. The van der Waals surface area contributed by atoms with E-state index in [0.717, 1.165) is 23.5 Å². The first-order chi connectivity index (χ1) is 10.1. The van der Waals surface area contributed by atoms with Crippen molar-refractivity contribution in [1.29, 1.82) is 0 Å². The van der Waals surface area contributed by atoms with E-state index in [1.54, 1.807) is 12.7 Å². The van der Waals surface area contributed by atoms with Crippen LogP contribution >= 0.6 is 0 Å². The summed E-state index contributed by atoms with van der Waals surface area (Å²) in [4.78, 5) is 0. The molecule has 0 unspecified atom stereocenters. The number of allylic oxidation sites excluding steroid dienone is 1. The second kappa shape index (κ2) is 4.63. The summed E-state index contributed by atoms with van der Waals surface area (Å²) in [6.45, 7) is 6.89. The molecule has 0 heterocycles. The third-order valence-corrected chi connectivity index (χ3v) is 6.89. The van der Waals surface area contributed by atoms with Crippen LogP contribution in [-0.4, -0.2) is 7.11 Å². The van der Waals surface area contributed by atoms with Gasteiger partial charge in [-0.3, -0.25) is 0 Å². The molecular formula is C20H26O. The molecule has 1 heteroatoms. The van der Waals surface area contributed by atoms with Gasteiger partial charge in [0.2, 0.25) is 0 Å². The van der Waals surface area contributed by atoms with Crippen LogP contribution < -0.4 is 4.74 Å². The van der Waals surface area contributed by atoms with Gasteiger partial charge in [0.15, 0.2) is 0 Å². The van der Waals surface area contributed by atoms with Crippen molar-refractivity contribution in [1.82, 2.24) is 0 Å². The molecule has 4 rings (SSSR count). The number of hydrogen-bond acceptors (Lipinski definition) is 1. The topological polar surface area (TPSA) is 9.23 Å². The normalized spacial score (nSPS) is 37.6. The van der Waals surface area contributed by atoms with Crippen LogP contribution in [0.5, 0.6) is 5.75 Å². The molecule has 0 saturated heterocycles. The molecule has 21 heavy (non-hydrogen) atoms. The summed E-state index contributed by atoms with van der Waals surface area (Å²) in [5.41, 5.74) is 5.12. The molecule has 3 aliphatic rings. The van der Waals surface area contributed by atoms with E-state index < -0.39 is 0 Å². The predicted octanol–water partition coefficient (Wildman–Crippen LogP) is 5.11. The summed E-state index contributed by atoms with van der Waals surface area (Å²) in [5.74, 6) is 3.55. The number of ether oxygens (including phenoxy) is 1. The van der Waals surface area contributed by atoms with Gasteiger partial charge >= 0.3 is 0 Å². The molecule has 0 aliphatic heterocycles. The Balaban J connectivity index is 1.70. The summed E-state index contributed by atoms with van der Waals surface area (Å²) < 4.78 is 5.40. The van der Waals surface area contributed by atoms with E-state index in [0.29, 0.717) is 5.41 Å². The minimum absolute atomic E-state index is 0.436. The van der Waals surface area contributed by atoms with Crippen LogP contribution in [0.4, 0.5) is 0 Å². The van der Waals surface area contributed by atoms with Crippen molar-refractivity contribution in [3.8, 4) is 5.75 Å². The van der Waals surface area contributed by atoms with Crippen LogP contribution in [0, 0.1) is 17.3 Å². The Labute approximate surface area is 128 Å². The average Bonchev–Trinajstić information content (AvgIpc) is 2.82. The second-order valence-electron chi connectivity index (χ2n) is 7.58. The molecule has 1 aromatic carbocycles. The van der Waals surface area contributed by atoms with Crippen molar-refractivity contribution >= 4 is 0 Å².